The van der Waals surface area contributed by atoms with Crippen molar-refractivity contribution in [2.75, 3.05) is 20.2 Å². The number of aromatic nitrogens is 3. The van der Waals surface area contributed by atoms with Crippen molar-refractivity contribution in [1.29, 1.82) is 0 Å². The van der Waals surface area contributed by atoms with Crippen LogP contribution in [0.25, 0.3) is 11.2 Å². The molecule has 2 unspecified atom stereocenters. The summed E-state index contributed by atoms with van der Waals surface area (Å²) in [6.07, 6.45) is 9.52. The molecule has 2 aliphatic rings. The highest BCUT2D eigenvalue weighted by Crippen LogP contribution is 2.35. The lowest BCUT2D eigenvalue weighted by Crippen LogP contribution is -2.35. The molecule has 2 aromatic rings. The van der Waals surface area contributed by atoms with Crippen LogP contribution in [0.5, 0.6) is 0 Å². The van der Waals surface area contributed by atoms with Crippen LogP contribution >= 0.6 is 0 Å². The molecule has 5 heteroatoms. The van der Waals surface area contributed by atoms with Crippen molar-refractivity contribution in [2.24, 2.45) is 0 Å². The Balaban J connectivity index is 1.82. The molecule has 4 heterocycles. The van der Waals surface area contributed by atoms with E-state index in [1.165, 1.54) is 19.3 Å². The zero-order valence-corrected chi connectivity index (χ0v) is 13.2. The number of rotatable bonds is 2. The summed E-state index contributed by atoms with van der Waals surface area (Å²) < 4.78 is 8.38. The fourth-order valence-electron chi connectivity index (χ4n) is 3.80. The minimum absolute atomic E-state index is 0.123. The summed E-state index contributed by atoms with van der Waals surface area (Å²) in [5.41, 5.74) is 2.00. The second-order valence-corrected chi connectivity index (χ2v) is 6.50. The summed E-state index contributed by atoms with van der Waals surface area (Å²) in [6, 6.07) is 4.03. The van der Waals surface area contributed by atoms with Gasteiger partial charge in [-0.15, -0.1) is 0 Å². The maximum atomic E-state index is 6.03. The average Bonchev–Trinajstić information content (AvgIpc) is 2.95. The number of likely N-dealkylation sites (tertiary alicyclic amines) is 1. The molecular weight excluding hydrogens is 276 g/mol. The van der Waals surface area contributed by atoms with E-state index in [9.17, 15) is 0 Å². The van der Waals surface area contributed by atoms with Gasteiger partial charge in [0.1, 0.15) is 17.4 Å². The lowest BCUT2D eigenvalue weighted by Gasteiger charge is -2.35. The van der Waals surface area contributed by atoms with Crippen LogP contribution in [0.1, 0.15) is 56.6 Å². The van der Waals surface area contributed by atoms with E-state index in [1.54, 1.807) is 0 Å². The van der Waals surface area contributed by atoms with E-state index in [2.05, 4.69) is 27.6 Å². The van der Waals surface area contributed by atoms with Crippen molar-refractivity contribution >= 4 is 11.2 Å². The Hall–Kier alpha value is -1.46. The summed E-state index contributed by atoms with van der Waals surface area (Å²) in [4.78, 5) is 12.0. The molecule has 5 nitrogen and oxygen atoms in total. The number of nitrogens with zero attached hydrogens (tertiary/aromatic N) is 4. The van der Waals surface area contributed by atoms with E-state index in [0.717, 1.165) is 49.4 Å². The fraction of sp³-hybridized carbons (Fsp3) is 0.647. The molecule has 22 heavy (non-hydrogen) atoms. The molecule has 0 aliphatic carbocycles. The molecule has 2 fully saturated rings. The van der Waals surface area contributed by atoms with Gasteiger partial charge < -0.3 is 4.74 Å². The normalized spacial score (nSPS) is 27.3. The first kappa shape index (κ1) is 14.2. The third-order valence-corrected chi connectivity index (χ3v) is 4.97. The maximum Gasteiger partial charge on any atom is 0.161 e. The number of piperidine rings is 1. The molecule has 0 N–H and O–H groups in total. The Labute approximate surface area is 131 Å². The molecule has 0 spiro atoms. The maximum absolute atomic E-state index is 6.03. The standard InChI is InChI=1S/C17H24N4O/c1-20-11-4-2-9-15(20)21-16-13(7-6-10-18-16)19-17(21)14-8-3-5-12-22-14/h6-7,10,14-15H,2-5,8-9,11-12H2,1H3. The molecule has 0 bridgehead atoms. The van der Waals surface area contributed by atoms with Crippen LogP contribution in [0.2, 0.25) is 0 Å². The molecule has 0 amide bonds. The van der Waals surface area contributed by atoms with E-state index in [-0.39, 0.29) is 6.10 Å². The van der Waals surface area contributed by atoms with E-state index >= 15 is 0 Å². The van der Waals surface area contributed by atoms with Crippen LogP contribution in [0.4, 0.5) is 0 Å². The molecule has 2 atom stereocenters. The average molecular weight is 300 g/mol. The number of fused-ring (bicyclic) bond motifs is 1. The van der Waals surface area contributed by atoms with Crippen LogP contribution in [0, 0.1) is 0 Å². The first-order chi connectivity index (χ1) is 10.8. The zero-order valence-electron chi connectivity index (χ0n) is 13.2. The number of hydrogen-bond donors (Lipinski definition) is 0. The number of imidazole rings is 1. The molecule has 2 saturated heterocycles. The van der Waals surface area contributed by atoms with Gasteiger partial charge in [-0.2, -0.15) is 0 Å². The van der Waals surface area contributed by atoms with E-state index in [4.69, 9.17) is 9.72 Å². The van der Waals surface area contributed by atoms with Crippen LogP contribution in [-0.2, 0) is 4.74 Å². The van der Waals surface area contributed by atoms with Gasteiger partial charge in [0.2, 0.25) is 0 Å². The molecule has 2 aliphatic heterocycles. The van der Waals surface area contributed by atoms with Crippen LogP contribution in [-0.4, -0.2) is 39.6 Å². The Bertz CT molecular complexity index is 647. The predicted octanol–water partition coefficient (Wildman–Crippen LogP) is 3.29. The second-order valence-electron chi connectivity index (χ2n) is 6.50. The van der Waals surface area contributed by atoms with Crippen LogP contribution in [0.15, 0.2) is 18.3 Å². The predicted molar refractivity (Wildman–Crippen MR) is 85.6 cm³/mol. The molecule has 4 rings (SSSR count). The second kappa shape index (κ2) is 5.97. The monoisotopic (exact) mass is 300 g/mol. The van der Waals surface area contributed by atoms with Crippen molar-refractivity contribution in [3.05, 3.63) is 24.2 Å². The number of pyridine rings is 1. The van der Waals surface area contributed by atoms with Gasteiger partial charge in [-0.3, -0.25) is 9.47 Å². The highest BCUT2D eigenvalue weighted by Gasteiger charge is 2.30. The van der Waals surface area contributed by atoms with Gasteiger partial charge in [-0.25, -0.2) is 9.97 Å². The Morgan fingerprint density at radius 3 is 2.91 bits per heavy atom. The van der Waals surface area contributed by atoms with Gasteiger partial charge in [0.15, 0.2) is 5.65 Å². The highest BCUT2D eigenvalue weighted by molar-refractivity contribution is 5.71. The summed E-state index contributed by atoms with van der Waals surface area (Å²) in [5.74, 6) is 1.08. The Morgan fingerprint density at radius 1 is 1.18 bits per heavy atom. The van der Waals surface area contributed by atoms with Gasteiger partial charge in [-0.05, 0) is 64.3 Å². The zero-order chi connectivity index (χ0) is 14.9. The smallest absolute Gasteiger partial charge is 0.161 e. The van der Waals surface area contributed by atoms with Crippen molar-refractivity contribution < 1.29 is 4.74 Å². The Morgan fingerprint density at radius 2 is 2.09 bits per heavy atom. The van der Waals surface area contributed by atoms with Crippen molar-refractivity contribution in [1.82, 2.24) is 19.4 Å². The third kappa shape index (κ3) is 2.42. The number of hydrogen-bond acceptors (Lipinski definition) is 4. The van der Waals surface area contributed by atoms with E-state index in [0.29, 0.717) is 6.17 Å². The summed E-state index contributed by atoms with van der Waals surface area (Å²) in [7, 11) is 2.21. The lowest BCUT2D eigenvalue weighted by molar-refractivity contribution is 0.00248. The van der Waals surface area contributed by atoms with E-state index in [1.807, 2.05) is 12.3 Å². The molecule has 0 saturated carbocycles. The van der Waals surface area contributed by atoms with Crippen LogP contribution in [0.3, 0.4) is 0 Å². The molecule has 118 valence electrons. The van der Waals surface area contributed by atoms with Gasteiger partial charge in [-0.1, -0.05) is 0 Å². The molecular formula is C17H24N4O. The highest BCUT2D eigenvalue weighted by atomic mass is 16.5. The van der Waals surface area contributed by atoms with E-state index < -0.39 is 0 Å². The van der Waals surface area contributed by atoms with Gasteiger partial charge in [0.05, 0.1) is 6.17 Å². The largest absolute Gasteiger partial charge is 0.370 e. The summed E-state index contributed by atoms with van der Waals surface area (Å²) >= 11 is 0. The van der Waals surface area contributed by atoms with Gasteiger partial charge in [0.25, 0.3) is 0 Å². The quantitative estimate of drug-likeness (QED) is 0.853. The topological polar surface area (TPSA) is 43.2 Å². The van der Waals surface area contributed by atoms with Crippen molar-refractivity contribution in [3.63, 3.8) is 0 Å². The lowest BCUT2D eigenvalue weighted by atomic mass is 10.1. The minimum atomic E-state index is 0.123. The first-order valence-electron chi connectivity index (χ1n) is 8.49. The molecule has 2 aromatic heterocycles. The van der Waals surface area contributed by atoms with Crippen LogP contribution < -0.4 is 0 Å². The molecule has 0 aromatic carbocycles. The Kier molecular flexibility index (Phi) is 3.84. The molecule has 0 radical (unpaired) electrons. The van der Waals surface area contributed by atoms with Crippen molar-refractivity contribution in [3.8, 4) is 0 Å². The summed E-state index contributed by atoms with van der Waals surface area (Å²) in [5, 5.41) is 0. The summed E-state index contributed by atoms with van der Waals surface area (Å²) in [6.45, 7) is 1.99. The minimum Gasteiger partial charge on any atom is -0.370 e. The first-order valence-corrected chi connectivity index (χ1v) is 8.49. The van der Waals surface area contributed by atoms with Crippen molar-refractivity contribution in [2.45, 2.75) is 50.8 Å². The SMILES string of the molecule is CN1CCCCC1n1c(C2CCCCO2)nc2cccnc21. The third-order valence-electron chi connectivity index (χ3n) is 4.97. The van der Waals surface area contributed by atoms with Gasteiger partial charge >= 0.3 is 0 Å². The van der Waals surface area contributed by atoms with Gasteiger partial charge in [0, 0.05) is 12.8 Å². The number of ether oxygens (including phenoxy) is 1. The fourth-order valence-corrected chi connectivity index (χ4v) is 3.80.